The van der Waals surface area contributed by atoms with Crippen molar-refractivity contribution in [2.75, 3.05) is 39.8 Å². The molecule has 2 heterocycles. The standard InChI is InChI=1S/C16H33N3/c1-5-15-6-9-19(11-13(2)10-17-15)16-7-8-18(4)12-14(16)3/h13-17H,5-12H2,1-4H3. The lowest BCUT2D eigenvalue weighted by Crippen LogP contribution is -2.53. The van der Waals surface area contributed by atoms with Gasteiger partial charge in [0.25, 0.3) is 0 Å². The average molecular weight is 267 g/mol. The van der Waals surface area contributed by atoms with Crippen LogP contribution >= 0.6 is 0 Å². The van der Waals surface area contributed by atoms with Crippen molar-refractivity contribution in [3.05, 3.63) is 0 Å². The molecule has 0 aromatic rings. The number of hydrogen-bond acceptors (Lipinski definition) is 3. The molecule has 0 aromatic carbocycles. The van der Waals surface area contributed by atoms with Crippen LogP contribution in [0.15, 0.2) is 0 Å². The average Bonchev–Trinajstić information content (AvgIpc) is 2.35. The molecule has 1 N–H and O–H groups in total. The van der Waals surface area contributed by atoms with Crippen LogP contribution < -0.4 is 5.32 Å². The fourth-order valence-corrected chi connectivity index (χ4v) is 3.88. The summed E-state index contributed by atoms with van der Waals surface area (Å²) >= 11 is 0. The van der Waals surface area contributed by atoms with Crippen molar-refractivity contribution in [3.63, 3.8) is 0 Å². The van der Waals surface area contributed by atoms with Gasteiger partial charge in [0.15, 0.2) is 0 Å². The summed E-state index contributed by atoms with van der Waals surface area (Å²) in [5, 5.41) is 3.73. The first kappa shape index (κ1) is 15.3. The van der Waals surface area contributed by atoms with Gasteiger partial charge >= 0.3 is 0 Å². The molecule has 2 saturated heterocycles. The minimum absolute atomic E-state index is 0.729. The molecular formula is C16H33N3. The van der Waals surface area contributed by atoms with Crippen molar-refractivity contribution in [1.29, 1.82) is 0 Å². The lowest BCUT2D eigenvalue weighted by atomic mass is 9.91. The molecule has 2 aliphatic heterocycles. The Labute approximate surface area is 119 Å². The molecule has 0 bridgehead atoms. The third-order valence-corrected chi connectivity index (χ3v) is 5.09. The first-order chi connectivity index (χ1) is 9.10. The maximum absolute atomic E-state index is 3.73. The fraction of sp³-hybridized carbons (Fsp3) is 1.00. The van der Waals surface area contributed by atoms with Gasteiger partial charge in [0.05, 0.1) is 0 Å². The van der Waals surface area contributed by atoms with Crippen molar-refractivity contribution in [1.82, 2.24) is 15.1 Å². The van der Waals surface area contributed by atoms with Crippen LogP contribution in [0.4, 0.5) is 0 Å². The highest BCUT2D eigenvalue weighted by Crippen LogP contribution is 2.23. The lowest BCUT2D eigenvalue weighted by molar-refractivity contribution is 0.0559. The number of nitrogens with one attached hydrogen (secondary N) is 1. The second kappa shape index (κ2) is 7.05. The van der Waals surface area contributed by atoms with Crippen LogP contribution in [0.3, 0.4) is 0 Å². The summed E-state index contributed by atoms with van der Waals surface area (Å²) in [5.74, 6) is 1.60. The van der Waals surface area contributed by atoms with E-state index < -0.39 is 0 Å². The van der Waals surface area contributed by atoms with Gasteiger partial charge in [-0.3, -0.25) is 4.90 Å². The summed E-state index contributed by atoms with van der Waals surface area (Å²) in [4.78, 5) is 5.30. The maximum Gasteiger partial charge on any atom is 0.0145 e. The van der Waals surface area contributed by atoms with Crippen molar-refractivity contribution in [2.24, 2.45) is 11.8 Å². The zero-order valence-corrected chi connectivity index (χ0v) is 13.4. The number of likely N-dealkylation sites (tertiary alicyclic amines) is 1. The molecule has 0 aliphatic carbocycles. The molecule has 3 heteroatoms. The number of hydrogen-bond donors (Lipinski definition) is 1. The highest BCUT2D eigenvalue weighted by atomic mass is 15.2. The van der Waals surface area contributed by atoms with Gasteiger partial charge in [-0.2, -0.15) is 0 Å². The molecular weight excluding hydrogens is 234 g/mol. The fourth-order valence-electron chi connectivity index (χ4n) is 3.88. The van der Waals surface area contributed by atoms with Crippen LogP contribution in [-0.4, -0.2) is 61.7 Å². The molecule has 112 valence electrons. The van der Waals surface area contributed by atoms with Crippen LogP contribution in [0.1, 0.15) is 40.0 Å². The van der Waals surface area contributed by atoms with E-state index in [-0.39, 0.29) is 0 Å². The molecule has 2 rings (SSSR count). The largest absolute Gasteiger partial charge is 0.314 e. The predicted octanol–water partition coefficient (Wildman–Crippen LogP) is 2.04. The second-order valence-corrected chi connectivity index (χ2v) is 7.00. The van der Waals surface area contributed by atoms with E-state index in [0.29, 0.717) is 0 Å². The molecule has 0 radical (unpaired) electrons. The molecule has 3 nitrogen and oxygen atoms in total. The van der Waals surface area contributed by atoms with Crippen LogP contribution in [0.25, 0.3) is 0 Å². The van der Waals surface area contributed by atoms with Gasteiger partial charge in [-0.25, -0.2) is 0 Å². The quantitative estimate of drug-likeness (QED) is 0.826. The van der Waals surface area contributed by atoms with E-state index in [0.717, 1.165) is 23.9 Å². The van der Waals surface area contributed by atoms with E-state index in [1.807, 2.05) is 0 Å². The highest BCUT2D eigenvalue weighted by molar-refractivity contribution is 4.86. The normalized spacial score (nSPS) is 39.8. The van der Waals surface area contributed by atoms with E-state index in [2.05, 4.69) is 42.9 Å². The molecule has 0 saturated carbocycles. The first-order valence-electron chi connectivity index (χ1n) is 8.26. The molecule has 0 amide bonds. The van der Waals surface area contributed by atoms with Gasteiger partial charge < -0.3 is 10.2 Å². The molecule has 4 unspecified atom stereocenters. The molecule has 0 spiro atoms. The topological polar surface area (TPSA) is 18.5 Å². The second-order valence-electron chi connectivity index (χ2n) is 7.00. The monoisotopic (exact) mass is 267 g/mol. The Bertz CT molecular complexity index is 269. The van der Waals surface area contributed by atoms with Crippen LogP contribution in [0, 0.1) is 11.8 Å². The Morgan fingerprint density at radius 1 is 1.11 bits per heavy atom. The summed E-state index contributed by atoms with van der Waals surface area (Å²) in [6.07, 6.45) is 3.94. The number of nitrogens with zero attached hydrogens (tertiary/aromatic N) is 2. The van der Waals surface area contributed by atoms with Gasteiger partial charge in [0, 0.05) is 25.2 Å². The molecule has 4 atom stereocenters. The van der Waals surface area contributed by atoms with Gasteiger partial charge in [0.1, 0.15) is 0 Å². The van der Waals surface area contributed by atoms with E-state index in [4.69, 9.17) is 0 Å². The van der Waals surface area contributed by atoms with E-state index in [1.54, 1.807) is 0 Å². The van der Waals surface area contributed by atoms with E-state index >= 15 is 0 Å². The van der Waals surface area contributed by atoms with E-state index in [1.165, 1.54) is 52.0 Å². The van der Waals surface area contributed by atoms with Crippen molar-refractivity contribution >= 4 is 0 Å². The third-order valence-electron chi connectivity index (χ3n) is 5.09. The summed E-state index contributed by atoms with van der Waals surface area (Å²) in [6.45, 7) is 13.5. The van der Waals surface area contributed by atoms with Crippen LogP contribution in [0.2, 0.25) is 0 Å². The highest BCUT2D eigenvalue weighted by Gasteiger charge is 2.31. The van der Waals surface area contributed by atoms with Crippen molar-refractivity contribution in [2.45, 2.75) is 52.1 Å². The van der Waals surface area contributed by atoms with Crippen molar-refractivity contribution < 1.29 is 0 Å². The Morgan fingerprint density at radius 3 is 2.58 bits per heavy atom. The zero-order chi connectivity index (χ0) is 13.8. The van der Waals surface area contributed by atoms with Crippen LogP contribution in [0.5, 0.6) is 0 Å². The summed E-state index contributed by atoms with van der Waals surface area (Å²) < 4.78 is 0. The summed E-state index contributed by atoms with van der Waals surface area (Å²) in [7, 11) is 2.26. The molecule has 2 aliphatic rings. The number of rotatable bonds is 2. The third kappa shape index (κ3) is 4.17. The lowest BCUT2D eigenvalue weighted by Gasteiger charge is -2.44. The Kier molecular flexibility index (Phi) is 5.67. The number of piperidine rings is 1. The maximum atomic E-state index is 3.73. The smallest absolute Gasteiger partial charge is 0.0145 e. The minimum Gasteiger partial charge on any atom is -0.314 e. The zero-order valence-electron chi connectivity index (χ0n) is 13.4. The van der Waals surface area contributed by atoms with Gasteiger partial charge in [-0.15, -0.1) is 0 Å². The SMILES string of the molecule is CCC1CCN(C2CCN(C)CC2C)CC(C)CN1. The Morgan fingerprint density at radius 2 is 1.89 bits per heavy atom. The van der Waals surface area contributed by atoms with Crippen molar-refractivity contribution in [3.8, 4) is 0 Å². The van der Waals surface area contributed by atoms with Crippen LogP contribution in [-0.2, 0) is 0 Å². The Hall–Kier alpha value is -0.120. The minimum atomic E-state index is 0.729. The molecule has 19 heavy (non-hydrogen) atoms. The molecule has 0 aromatic heterocycles. The van der Waals surface area contributed by atoms with Gasteiger partial charge in [-0.05, 0) is 57.8 Å². The van der Waals surface area contributed by atoms with Gasteiger partial charge in [-0.1, -0.05) is 20.8 Å². The van der Waals surface area contributed by atoms with E-state index in [9.17, 15) is 0 Å². The first-order valence-corrected chi connectivity index (χ1v) is 8.26. The Balaban J connectivity index is 1.96. The predicted molar refractivity (Wildman–Crippen MR) is 82.5 cm³/mol. The van der Waals surface area contributed by atoms with Gasteiger partial charge in [0.2, 0.25) is 0 Å². The molecule has 2 fully saturated rings. The summed E-state index contributed by atoms with van der Waals surface area (Å²) in [5.41, 5.74) is 0. The summed E-state index contributed by atoms with van der Waals surface area (Å²) in [6, 6.07) is 1.54.